The summed E-state index contributed by atoms with van der Waals surface area (Å²) in [5, 5.41) is 5.57. The fourth-order valence-corrected chi connectivity index (χ4v) is 3.05. The van der Waals surface area contributed by atoms with E-state index in [0.29, 0.717) is 34.0 Å². The maximum Gasteiger partial charge on any atom is 0.513 e. The normalized spacial score (nSPS) is 11.4. The molecule has 0 aromatic heterocycles. The molecule has 168 valence electrons. The lowest BCUT2D eigenvalue weighted by Crippen LogP contribution is -2.17. The molecule has 9 nitrogen and oxygen atoms in total. The van der Waals surface area contributed by atoms with Crippen LogP contribution in [0.1, 0.15) is 27.6 Å². The molecule has 0 saturated heterocycles. The highest BCUT2D eigenvalue weighted by Gasteiger charge is 2.17. The summed E-state index contributed by atoms with van der Waals surface area (Å²) in [5.74, 6) is 0.567. The second-order valence-corrected chi connectivity index (χ2v) is 6.83. The number of nitrogens with one attached hydrogen (secondary N) is 2. The minimum Gasteiger partial charge on any atom is -0.454 e. The SMILES string of the molecule is CCOC(=O)Oc1ccc(C(=O)Nc2ccccc2NC(=O)c2ccc3c(c2)OCO3)cc1. The number of rotatable bonds is 6. The first-order valence-electron chi connectivity index (χ1n) is 10.1. The first-order valence-corrected chi connectivity index (χ1v) is 10.1. The molecular weight excluding hydrogens is 428 g/mol. The lowest BCUT2D eigenvalue weighted by Gasteiger charge is -2.13. The standard InChI is InChI=1S/C24H20N2O7/c1-2-30-24(29)33-17-10-7-15(8-11-17)22(27)25-18-5-3-4-6-19(18)26-23(28)16-9-12-20-21(13-16)32-14-31-20/h3-13H,2,14H2,1H3,(H,25,27)(H,26,28). The smallest absolute Gasteiger partial charge is 0.454 e. The van der Waals surface area contributed by atoms with Gasteiger partial charge in [0.15, 0.2) is 11.5 Å². The van der Waals surface area contributed by atoms with Crippen LogP contribution in [0.25, 0.3) is 0 Å². The third-order valence-corrected chi connectivity index (χ3v) is 4.64. The first kappa shape index (κ1) is 21.7. The molecular formula is C24H20N2O7. The van der Waals surface area contributed by atoms with Crippen LogP contribution in [0.15, 0.2) is 66.7 Å². The van der Waals surface area contributed by atoms with Gasteiger partial charge in [0.25, 0.3) is 11.8 Å². The number of fused-ring (bicyclic) bond motifs is 1. The Balaban J connectivity index is 1.43. The number of hydrogen-bond acceptors (Lipinski definition) is 7. The van der Waals surface area contributed by atoms with Crippen molar-refractivity contribution in [2.45, 2.75) is 6.92 Å². The monoisotopic (exact) mass is 448 g/mol. The fourth-order valence-electron chi connectivity index (χ4n) is 3.05. The molecule has 1 heterocycles. The molecule has 3 aromatic rings. The van der Waals surface area contributed by atoms with Gasteiger partial charge in [0.2, 0.25) is 6.79 Å². The van der Waals surface area contributed by atoms with Crippen molar-refractivity contribution in [3.63, 3.8) is 0 Å². The summed E-state index contributed by atoms with van der Waals surface area (Å²) in [7, 11) is 0. The van der Waals surface area contributed by atoms with Crippen LogP contribution >= 0.6 is 0 Å². The number of carbonyl (C=O) groups excluding carboxylic acids is 3. The van der Waals surface area contributed by atoms with Gasteiger partial charge in [-0.2, -0.15) is 0 Å². The van der Waals surface area contributed by atoms with Crippen LogP contribution in [-0.4, -0.2) is 31.4 Å². The van der Waals surface area contributed by atoms with Crippen LogP contribution in [-0.2, 0) is 4.74 Å². The second-order valence-electron chi connectivity index (χ2n) is 6.83. The van der Waals surface area contributed by atoms with Crippen molar-refractivity contribution < 1.29 is 33.3 Å². The molecule has 0 radical (unpaired) electrons. The van der Waals surface area contributed by atoms with Crippen LogP contribution in [0.2, 0.25) is 0 Å². The van der Waals surface area contributed by atoms with Gasteiger partial charge in [0.05, 0.1) is 18.0 Å². The lowest BCUT2D eigenvalue weighted by molar-refractivity contribution is 0.101. The summed E-state index contributed by atoms with van der Waals surface area (Å²) in [5.41, 5.74) is 1.57. The van der Waals surface area contributed by atoms with Crippen molar-refractivity contribution in [2.24, 2.45) is 0 Å². The zero-order valence-electron chi connectivity index (χ0n) is 17.6. The molecule has 1 aliphatic rings. The predicted octanol–water partition coefficient (Wildman–Crippen LogP) is 4.46. The molecule has 2 N–H and O–H groups in total. The molecule has 0 bridgehead atoms. The molecule has 33 heavy (non-hydrogen) atoms. The first-order chi connectivity index (χ1) is 16.0. The minimum absolute atomic E-state index is 0.116. The summed E-state index contributed by atoms with van der Waals surface area (Å²) in [6.45, 7) is 1.99. The van der Waals surface area contributed by atoms with E-state index in [1.165, 1.54) is 24.3 Å². The number of ether oxygens (including phenoxy) is 4. The van der Waals surface area contributed by atoms with Crippen LogP contribution in [0.3, 0.4) is 0 Å². The summed E-state index contributed by atoms with van der Waals surface area (Å²) in [6, 6.07) is 17.7. The predicted molar refractivity (Wildman–Crippen MR) is 119 cm³/mol. The Kier molecular flexibility index (Phi) is 6.40. The van der Waals surface area contributed by atoms with Gasteiger partial charge < -0.3 is 29.6 Å². The van der Waals surface area contributed by atoms with Gasteiger partial charge in [-0.05, 0) is 61.5 Å². The van der Waals surface area contributed by atoms with Gasteiger partial charge in [-0.15, -0.1) is 0 Å². The zero-order valence-corrected chi connectivity index (χ0v) is 17.6. The number of carbonyl (C=O) groups is 3. The van der Waals surface area contributed by atoms with E-state index in [-0.39, 0.29) is 25.1 Å². The molecule has 0 saturated carbocycles. The van der Waals surface area contributed by atoms with Gasteiger partial charge >= 0.3 is 6.16 Å². The summed E-state index contributed by atoms with van der Waals surface area (Å²) in [4.78, 5) is 36.8. The van der Waals surface area contributed by atoms with Gasteiger partial charge in [0.1, 0.15) is 5.75 Å². The summed E-state index contributed by atoms with van der Waals surface area (Å²) >= 11 is 0. The average Bonchev–Trinajstić information content (AvgIpc) is 3.29. The van der Waals surface area contributed by atoms with Gasteiger partial charge in [0, 0.05) is 11.1 Å². The topological polar surface area (TPSA) is 112 Å². The molecule has 0 atom stereocenters. The molecule has 1 aliphatic heterocycles. The Labute approximate surface area is 189 Å². The third-order valence-electron chi connectivity index (χ3n) is 4.64. The number of para-hydroxylation sites is 2. The summed E-state index contributed by atoms with van der Waals surface area (Å²) < 4.78 is 20.3. The van der Waals surface area contributed by atoms with Crippen LogP contribution in [0, 0.1) is 0 Å². The van der Waals surface area contributed by atoms with Crippen molar-refractivity contribution in [1.82, 2.24) is 0 Å². The number of benzene rings is 3. The molecule has 3 aromatic carbocycles. The molecule has 0 aliphatic carbocycles. The number of hydrogen-bond donors (Lipinski definition) is 2. The van der Waals surface area contributed by atoms with E-state index in [1.807, 2.05) is 0 Å². The third kappa shape index (κ3) is 5.21. The molecule has 0 spiro atoms. The Morgan fingerprint density at radius 3 is 2.09 bits per heavy atom. The second kappa shape index (κ2) is 9.73. The van der Waals surface area contributed by atoms with Crippen LogP contribution < -0.4 is 24.8 Å². The van der Waals surface area contributed by atoms with Gasteiger partial charge in [-0.3, -0.25) is 9.59 Å². The van der Waals surface area contributed by atoms with E-state index < -0.39 is 12.1 Å². The molecule has 0 fully saturated rings. The average molecular weight is 448 g/mol. The molecule has 4 rings (SSSR count). The molecule has 2 amide bonds. The van der Waals surface area contributed by atoms with E-state index in [1.54, 1.807) is 49.4 Å². The Bertz CT molecular complexity index is 1190. The highest BCUT2D eigenvalue weighted by molar-refractivity contribution is 6.10. The largest absolute Gasteiger partial charge is 0.513 e. The lowest BCUT2D eigenvalue weighted by atomic mass is 10.1. The zero-order chi connectivity index (χ0) is 23.2. The van der Waals surface area contributed by atoms with Crippen molar-refractivity contribution in [2.75, 3.05) is 24.0 Å². The van der Waals surface area contributed by atoms with E-state index in [9.17, 15) is 14.4 Å². The Hall–Kier alpha value is -4.53. The molecule has 9 heteroatoms. The van der Waals surface area contributed by atoms with Crippen LogP contribution in [0.5, 0.6) is 17.2 Å². The minimum atomic E-state index is -0.818. The highest BCUT2D eigenvalue weighted by atomic mass is 16.7. The van der Waals surface area contributed by atoms with Gasteiger partial charge in [-0.1, -0.05) is 12.1 Å². The van der Waals surface area contributed by atoms with Crippen molar-refractivity contribution >= 4 is 29.3 Å². The van der Waals surface area contributed by atoms with E-state index in [0.717, 1.165) is 0 Å². The van der Waals surface area contributed by atoms with E-state index in [4.69, 9.17) is 18.9 Å². The maximum absolute atomic E-state index is 12.7. The summed E-state index contributed by atoms with van der Waals surface area (Å²) in [6.07, 6.45) is -0.818. The van der Waals surface area contributed by atoms with E-state index in [2.05, 4.69) is 10.6 Å². The van der Waals surface area contributed by atoms with Crippen molar-refractivity contribution in [3.05, 3.63) is 77.9 Å². The highest BCUT2D eigenvalue weighted by Crippen LogP contribution is 2.33. The Morgan fingerprint density at radius 2 is 1.42 bits per heavy atom. The number of amides is 2. The fraction of sp³-hybridized carbons (Fsp3) is 0.125. The molecule has 0 unspecified atom stereocenters. The van der Waals surface area contributed by atoms with Crippen molar-refractivity contribution in [1.29, 1.82) is 0 Å². The van der Waals surface area contributed by atoms with Crippen LogP contribution in [0.4, 0.5) is 16.2 Å². The van der Waals surface area contributed by atoms with Crippen molar-refractivity contribution in [3.8, 4) is 17.2 Å². The van der Waals surface area contributed by atoms with E-state index >= 15 is 0 Å². The number of anilines is 2. The Morgan fingerprint density at radius 1 is 0.818 bits per heavy atom. The van der Waals surface area contributed by atoms with Gasteiger partial charge in [-0.25, -0.2) is 4.79 Å². The quantitative estimate of drug-likeness (QED) is 0.423. The maximum atomic E-state index is 12.7.